The van der Waals surface area contributed by atoms with Crippen molar-refractivity contribution >= 4 is 16.3 Å². The van der Waals surface area contributed by atoms with Crippen LogP contribution in [0, 0.1) is 5.92 Å². The predicted molar refractivity (Wildman–Crippen MR) is 79.0 cm³/mol. The predicted octanol–water partition coefficient (Wildman–Crippen LogP) is 2.03. The van der Waals surface area contributed by atoms with Gasteiger partial charge in [-0.15, -0.1) is 0 Å². The van der Waals surface area contributed by atoms with Gasteiger partial charge in [-0.05, 0) is 24.3 Å². The van der Waals surface area contributed by atoms with Crippen molar-refractivity contribution in [2.24, 2.45) is 5.92 Å². The van der Waals surface area contributed by atoms with Crippen molar-refractivity contribution in [3.63, 3.8) is 0 Å². The first-order valence-corrected chi connectivity index (χ1v) is 8.62. The smallest absolute Gasteiger partial charge is 0.214 e. The van der Waals surface area contributed by atoms with Crippen molar-refractivity contribution in [1.29, 1.82) is 0 Å². The number of sulfonamides is 1. The molecule has 0 saturated carbocycles. The summed E-state index contributed by atoms with van der Waals surface area (Å²) < 4.78 is 26.3. The average Bonchev–Trinajstić information content (AvgIpc) is 2.48. The Balaban J connectivity index is 1.99. The molecule has 0 aliphatic carbocycles. The molecule has 1 aromatic rings. The summed E-state index contributed by atoms with van der Waals surface area (Å²) in [6.07, 6.45) is 2.22. The maximum absolute atomic E-state index is 12.4. The minimum absolute atomic E-state index is 0.0213. The van der Waals surface area contributed by atoms with Gasteiger partial charge in [-0.3, -0.25) is 0 Å². The maximum atomic E-state index is 12.4. The molecule has 0 bridgehead atoms. The van der Waals surface area contributed by atoms with E-state index in [1.54, 1.807) is 0 Å². The van der Waals surface area contributed by atoms with Gasteiger partial charge < -0.3 is 4.79 Å². The highest BCUT2D eigenvalue weighted by atomic mass is 32.2. The third kappa shape index (κ3) is 3.67. The van der Waals surface area contributed by atoms with Crippen LogP contribution < -0.4 is 0 Å². The Morgan fingerprint density at radius 1 is 1.25 bits per heavy atom. The summed E-state index contributed by atoms with van der Waals surface area (Å²) in [6.45, 7) is 2.87. The van der Waals surface area contributed by atoms with Gasteiger partial charge in [0.2, 0.25) is 10.0 Å². The van der Waals surface area contributed by atoms with E-state index in [1.165, 1.54) is 4.31 Å². The van der Waals surface area contributed by atoms with Crippen LogP contribution in [0.15, 0.2) is 30.3 Å². The van der Waals surface area contributed by atoms with E-state index in [0.29, 0.717) is 25.9 Å². The molecule has 0 spiro atoms. The number of hydrogen-bond acceptors (Lipinski definition) is 3. The number of nitrogens with zero attached hydrogens (tertiary/aromatic N) is 1. The third-order valence-electron chi connectivity index (χ3n) is 3.91. The van der Waals surface area contributed by atoms with Crippen molar-refractivity contribution in [3.8, 4) is 0 Å². The molecule has 2 rings (SSSR count). The fourth-order valence-electron chi connectivity index (χ4n) is 2.59. The molecule has 110 valence electrons. The summed E-state index contributed by atoms with van der Waals surface area (Å²) in [5.74, 6) is 0.126. The molecular formula is C15H21NO3S. The van der Waals surface area contributed by atoms with Crippen LogP contribution in [0.25, 0.3) is 0 Å². The Hall–Kier alpha value is -1.20. The van der Waals surface area contributed by atoms with Crippen LogP contribution >= 0.6 is 0 Å². The third-order valence-corrected chi connectivity index (χ3v) is 5.99. The molecular weight excluding hydrogens is 274 g/mol. The molecule has 1 saturated heterocycles. The van der Waals surface area contributed by atoms with Gasteiger partial charge in [-0.25, -0.2) is 12.7 Å². The van der Waals surface area contributed by atoms with Crippen molar-refractivity contribution in [3.05, 3.63) is 35.9 Å². The molecule has 1 fully saturated rings. The standard InChI is InChI=1S/C15H21NO3S/c1-13(15-5-3-2-4-6-15)12-20(18,19)16-9-7-14(11-17)8-10-16/h2-6,11,13-14H,7-10,12H2,1H3. The number of hydrogen-bond donors (Lipinski definition) is 0. The number of piperidine rings is 1. The first-order chi connectivity index (χ1) is 9.53. The zero-order valence-electron chi connectivity index (χ0n) is 11.7. The van der Waals surface area contributed by atoms with Crippen LogP contribution in [-0.4, -0.2) is 37.9 Å². The Labute approximate surface area is 120 Å². The molecule has 1 aliphatic heterocycles. The lowest BCUT2D eigenvalue weighted by Crippen LogP contribution is -2.40. The molecule has 0 aromatic heterocycles. The van der Waals surface area contributed by atoms with Gasteiger partial charge in [-0.2, -0.15) is 0 Å². The molecule has 1 aromatic carbocycles. The molecule has 1 unspecified atom stereocenters. The molecule has 1 heterocycles. The van der Waals surface area contributed by atoms with E-state index >= 15 is 0 Å². The fourth-order valence-corrected chi connectivity index (χ4v) is 4.39. The normalized spacial score (nSPS) is 19.6. The minimum Gasteiger partial charge on any atom is -0.303 e. The molecule has 1 atom stereocenters. The monoisotopic (exact) mass is 295 g/mol. The highest BCUT2D eigenvalue weighted by Crippen LogP contribution is 2.22. The number of rotatable bonds is 5. The molecule has 4 nitrogen and oxygen atoms in total. The second-order valence-corrected chi connectivity index (χ2v) is 7.48. The Kier molecular flexibility index (Phi) is 4.94. The molecule has 0 amide bonds. The van der Waals surface area contributed by atoms with Crippen LogP contribution in [0.3, 0.4) is 0 Å². The Morgan fingerprint density at radius 2 is 1.85 bits per heavy atom. The largest absolute Gasteiger partial charge is 0.303 e. The minimum atomic E-state index is -3.24. The first kappa shape index (κ1) is 15.2. The van der Waals surface area contributed by atoms with E-state index in [1.807, 2.05) is 37.3 Å². The van der Waals surface area contributed by atoms with Gasteiger partial charge in [0, 0.05) is 19.0 Å². The molecule has 5 heteroatoms. The van der Waals surface area contributed by atoms with E-state index in [9.17, 15) is 13.2 Å². The number of aldehydes is 1. The quantitative estimate of drug-likeness (QED) is 0.781. The summed E-state index contributed by atoms with van der Waals surface area (Å²) in [5, 5.41) is 0. The number of benzene rings is 1. The number of carbonyl (C=O) groups excluding carboxylic acids is 1. The molecule has 0 radical (unpaired) electrons. The van der Waals surface area contributed by atoms with Gasteiger partial charge in [-0.1, -0.05) is 37.3 Å². The SMILES string of the molecule is CC(CS(=O)(=O)N1CCC(C=O)CC1)c1ccccc1. The van der Waals surface area contributed by atoms with Gasteiger partial charge in [0.25, 0.3) is 0 Å². The lowest BCUT2D eigenvalue weighted by atomic mass is 10.0. The Bertz CT molecular complexity index is 533. The van der Waals surface area contributed by atoms with Crippen molar-refractivity contribution in [1.82, 2.24) is 4.31 Å². The lowest BCUT2D eigenvalue weighted by molar-refractivity contribution is -0.112. The highest BCUT2D eigenvalue weighted by Gasteiger charge is 2.29. The van der Waals surface area contributed by atoms with Gasteiger partial charge in [0.15, 0.2) is 0 Å². The van der Waals surface area contributed by atoms with E-state index in [2.05, 4.69) is 0 Å². The molecule has 1 aliphatic rings. The average molecular weight is 295 g/mol. The second-order valence-electron chi connectivity index (χ2n) is 5.46. The number of carbonyl (C=O) groups is 1. The van der Waals surface area contributed by atoms with Crippen molar-refractivity contribution < 1.29 is 13.2 Å². The summed E-state index contributed by atoms with van der Waals surface area (Å²) in [4.78, 5) is 10.7. The van der Waals surface area contributed by atoms with Crippen molar-refractivity contribution in [2.75, 3.05) is 18.8 Å². The van der Waals surface area contributed by atoms with E-state index in [-0.39, 0.29) is 17.6 Å². The second kappa shape index (κ2) is 6.50. The topological polar surface area (TPSA) is 54.5 Å². The van der Waals surface area contributed by atoms with Crippen LogP contribution in [0.5, 0.6) is 0 Å². The first-order valence-electron chi connectivity index (χ1n) is 7.01. The van der Waals surface area contributed by atoms with Crippen molar-refractivity contribution in [2.45, 2.75) is 25.7 Å². The lowest BCUT2D eigenvalue weighted by Gasteiger charge is -2.29. The van der Waals surface area contributed by atoms with E-state index < -0.39 is 10.0 Å². The molecule has 0 N–H and O–H groups in total. The van der Waals surface area contributed by atoms with E-state index in [4.69, 9.17) is 0 Å². The summed E-state index contributed by atoms with van der Waals surface area (Å²) in [6, 6.07) is 9.69. The summed E-state index contributed by atoms with van der Waals surface area (Å²) in [5.41, 5.74) is 1.04. The van der Waals surface area contributed by atoms with Gasteiger partial charge in [0.05, 0.1) is 5.75 Å². The van der Waals surface area contributed by atoms with Crippen LogP contribution in [0.1, 0.15) is 31.2 Å². The zero-order chi connectivity index (χ0) is 14.6. The Morgan fingerprint density at radius 3 is 2.40 bits per heavy atom. The maximum Gasteiger partial charge on any atom is 0.214 e. The van der Waals surface area contributed by atoms with E-state index in [0.717, 1.165) is 11.8 Å². The van der Waals surface area contributed by atoms with Gasteiger partial charge in [0.1, 0.15) is 6.29 Å². The fraction of sp³-hybridized carbons (Fsp3) is 0.533. The van der Waals surface area contributed by atoms with Gasteiger partial charge >= 0.3 is 0 Å². The molecule has 20 heavy (non-hydrogen) atoms. The van der Waals surface area contributed by atoms with Crippen LogP contribution in [0.4, 0.5) is 0 Å². The summed E-state index contributed by atoms with van der Waals surface area (Å²) >= 11 is 0. The highest BCUT2D eigenvalue weighted by molar-refractivity contribution is 7.89. The summed E-state index contributed by atoms with van der Waals surface area (Å²) in [7, 11) is -3.24. The van der Waals surface area contributed by atoms with Crippen LogP contribution in [0.2, 0.25) is 0 Å². The van der Waals surface area contributed by atoms with Crippen LogP contribution in [-0.2, 0) is 14.8 Å². The zero-order valence-corrected chi connectivity index (χ0v) is 12.6.